The molecular formula is C22H21N5O2S. The first-order valence-electron chi connectivity index (χ1n) is 9.46. The molecule has 0 atom stereocenters. The zero-order valence-electron chi connectivity index (χ0n) is 16.6. The minimum absolute atomic E-state index is 0.404. The van der Waals surface area contributed by atoms with Gasteiger partial charge in [0.1, 0.15) is 11.5 Å². The van der Waals surface area contributed by atoms with E-state index in [1.807, 2.05) is 61.5 Å². The number of nitrogens with one attached hydrogen (secondary N) is 2. The number of benzene rings is 3. The summed E-state index contributed by atoms with van der Waals surface area (Å²) < 4.78 is 13.0. The number of rotatable bonds is 7. The molecule has 2 N–H and O–H groups in total. The van der Waals surface area contributed by atoms with E-state index in [0.717, 1.165) is 33.4 Å². The van der Waals surface area contributed by atoms with E-state index in [4.69, 9.17) is 21.7 Å². The molecule has 7 nitrogen and oxygen atoms in total. The van der Waals surface area contributed by atoms with Crippen LogP contribution >= 0.6 is 12.2 Å². The Morgan fingerprint density at radius 2 is 1.93 bits per heavy atom. The van der Waals surface area contributed by atoms with Gasteiger partial charge in [-0.3, -0.25) is 0 Å². The Hall–Kier alpha value is -3.65. The Labute approximate surface area is 178 Å². The Morgan fingerprint density at radius 1 is 1.13 bits per heavy atom. The molecule has 0 aliphatic rings. The van der Waals surface area contributed by atoms with Crippen molar-refractivity contribution in [2.45, 2.75) is 6.92 Å². The molecular weight excluding hydrogens is 398 g/mol. The molecule has 0 unspecified atom stereocenters. The van der Waals surface area contributed by atoms with Crippen LogP contribution in [0.4, 0.5) is 0 Å². The van der Waals surface area contributed by atoms with Crippen LogP contribution in [0.15, 0.2) is 65.8 Å². The molecule has 1 heterocycles. The van der Waals surface area contributed by atoms with Crippen molar-refractivity contribution in [1.82, 2.24) is 14.9 Å². The molecule has 152 valence electrons. The van der Waals surface area contributed by atoms with E-state index in [9.17, 15) is 0 Å². The molecule has 0 spiro atoms. The van der Waals surface area contributed by atoms with Crippen molar-refractivity contribution in [1.29, 1.82) is 0 Å². The van der Waals surface area contributed by atoms with E-state index >= 15 is 0 Å². The maximum Gasteiger partial charge on any atom is 0.216 e. The molecule has 1 aromatic heterocycles. The van der Waals surface area contributed by atoms with Crippen LogP contribution in [0, 0.1) is 4.77 Å². The highest BCUT2D eigenvalue weighted by Crippen LogP contribution is 2.26. The predicted molar refractivity (Wildman–Crippen MR) is 121 cm³/mol. The largest absolute Gasteiger partial charge is 0.496 e. The van der Waals surface area contributed by atoms with Crippen molar-refractivity contribution in [3.05, 3.63) is 71.0 Å². The Balaban J connectivity index is 1.64. The van der Waals surface area contributed by atoms with Crippen molar-refractivity contribution in [2.24, 2.45) is 5.10 Å². The second-order valence-electron chi connectivity index (χ2n) is 6.41. The monoisotopic (exact) mass is 419 g/mol. The number of nitrogens with zero attached hydrogens (tertiary/aromatic N) is 3. The van der Waals surface area contributed by atoms with Gasteiger partial charge in [0.05, 0.1) is 19.9 Å². The third-order valence-corrected chi connectivity index (χ3v) is 4.87. The fourth-order valence-electron chi connectivity index (χ4n) is 3.19. The summed E-state index contributed by atoms with van der Waals surface area (Å²) in [5, 5.41) is 13.7. The number of fused-ring (bicyclic) bond motifs is 1. The van der Waals surface area contributed by atoms with Gasteiger partial charge in [0.15, 0.2) is 5.82 Å². The van der Waals surface area contributed by atoms with Gasteiger partial charge in [0.2, 0.25) is 4.77 Å². The number of ether oxygens (including phenoxy) is 2. The lowest BCUT2D eigenvalue weighted by Gasteiger charge is -2.09. The number of hydrazone groups is 1. The van der Waals surface area contributed by atoms with Crippen molar-refractivity contribution in [3.63, 3.8) is 0 Å². The molecule has 0 aliphatic carbocycles. The molecule has 0 fully saturated rings. The highest BCUT2D eigenvalue weighted by atomic mass is 32.1. The molecule has 0 aliphatic heterocycles. The second kappa shape index (κ2) is 8.79. The molecule has 3 aromatic carbocycles. The van der Waals surface area contributed by atoms with E-state index in [1.165, 1.54) is 0 Å². The average Bonchev–Trinajstić information content (AvgIpc) is 3.15. The summed E-state index contributed by atoms with van der Waals surface area (Å²) in [6, 6.07) is 19.7. The normalized spacial score (nSPS) is 11.1. The first-order valence-corrected chi connectivity index (χ1v) is 9.87. The summed E-state index contributed by atoms with van der Waals surface area (Å²) in [5.41, 5.74) is 4.71. The maximum atomic E-state index is 5.51. The predicted octanol–water partition coefficient (Wildman–Crippen LogP) is 4.75. The third-order valence-electron chi connectivity index (χ3n) is 4.60. The number of hydrogen-bond acceptors (Lipinski definition) is 6. The zero-order valence-corrected chi connectivity index (χ0v) is 17.4. The summed E-state index contributed by atoms with van der Waals surface area (Å²) in [7, 11) is 1.64. The Kier molecular flexibility index (Phi) is 5.76. The van der Waals surface area contributed by atoms with Crippen LogP contribution in [0.3, 0.4) is 0 Å². The summed E-state index contributed by atoms with van der Waals surface area (Å²) in [5.74, 6) is 2.16. The number of aromatic nitrogens is 3. The summed E-state index contributed by atoms with van der Waals surface area (Å²) in [4.78, 5) is 0. The Bertz CT molecular complexity index is 1240. The lowest BCUT2D eigenvalue weighted by Crippen LogP contribution is -2.11. The number of H-pyrrole nitrogens is 1. The zero-order chi connectivity index (χ0) is 20.9. The minimum atomic E-state index is 0.404. The van der Waals surface area contributed by atoms with Crippen molar-refractivity contribution < 1.29 is 9.47 Å². The van der Waals surface area contributed by atoms with Gasteiger partial charge in [-0.05, 0) is 60.2 Å². The van der Waals surface area contributed by atoms with Crippen molar-refractivity contribution in [3.8, 4) is 22.9 Å². The van der Waals surface area contributed by atoms with Crippen LogP contribution in [-0.2, 0) is 0 Å². The van der Waals surface area contributed by atoms with Gasteiger partial charge >= 0.3 is 0 Å². The van der Waals surface area contributed by atoms with Crippen LogP contribution in [0.5, 0.6) is 11.5 Å². The summed E-state index contributed by atoms with van der Waals surface area (Å²) in [6.07, 6.45) is 1.72. The van der Waals surface area contributed by atoms with E-state index in [1.54, 1.807) is 18.0 Å². The molecule has 4 aromatic rings. The molecule has 0 saturated heterocycles. The molecule has 0 bridgehead atoms. The van der Waals surface area contributed by atoms with Gasteiger partial charge in [0, 0.05) is 11.1 Å². The lowest BCUT2D eigenvalue weighted by molar-refractivity contribution is 0.340. The molecule has 0 saturated carbocycles. The van der Waals surface area contributed by atoms with Crippen LogP contribution < -0.4 is 15.0 Å². The van der Waals surface area contributed by atoms with Crippen molar-refractivity contribution >= 4 is 29.2 Å². The highest BCUT2D eigenvalue weighted by molar-refractivity contribution is 7.71. The van der Waals surface area contributed by atoms with Gasteiger partial charge in [0.25, 0.3) is 0 Å². The lowest BCUT2D eigenvalue weighted by atomic mass is 10.0. The summed E-state index contributed by atoms with van der Waals surface area (Å²) >= 11 is 5.36. The average molecular weight is 420 g/mol. The van der Waals surface area contributed by atoms with Crippen LogP contribution in [0.2, 0.25) is 0 Å². The summed E-state index contributed by atoms with van der Waals surface area (Å²) in [6.45, 7) is 2.57. The van der Waals surface area contributed by atoms with Crippen LogP contribution in [0.25, 0.3) is 22.2 Å². The van der Waals surface area contributed by atoms with E-state index in [-0.39, 0.29) is 0 Å². The van der Waals surface area contributed by atoms with Crippen LogP contribution in [-0.4, -0.2) is 34.8 Å². The Morgan fingerprint density at radius 3 is 2.70 bits per heavy atom. The number of hydrogen-bond donors (Lipinski definition) is 2. The minimum Gasteiger partial charge on any atom is -0.496 e. The fourth-order valence-corrected chi connectivity index (χ4v) is 3.36. The fraction of sp³-hybridized carbons (Fsp3) is 0.136. The molecule has 30 heavy (non-hydrogen) atoms. The molecule has 4 rings (SSSR count). The number of methoxy groups -OCH3 is 1. The van der Waals surface area contributed by atoms with Gasteiger partial charge in [-0.1, -0.05) is 30.3 Å². The quantitative estimate of drug-likeness (QED) is 0.257. The highest BCUT2D eigenvalue weighted by Gasteiger charge is 2.09. The van der Waals surface area contributed by atoms with Gasteiger partial charge in [-0.15, -0.1) is 0 Å². The SMILES string of the molecule is CCOc1ccc(-c2n[nH]c(=S)n2N/N=C\c2c(OC)ccc3ccccc23)cc1. The smallest absolute Gasteiger partial charge is 0.216 e. The topological polar surface area (TPSA) is 76.5 Å². The van der Waals surface area contributed by atoms with Crippen molar-refractivity contribution in [2.75, 3.05) is 19.3 Å². The first-order chi connectivity index (χ1) is 14.7. The van der Waals surface area contributed by atoms with E-state index < -0.39 is 0 Å². The number of aromatic amines is 1. The van der Waals surface area contributed by atoms with E-state index in [0.29, 0.717) is 17.2 Å². The third kappa shape index (κ3) is 3.90. The second-order valence-corrected chi connectivity index (χ2v) is 6.79. The first kappa shape index (κ1) is 19.7. The van der Waals surface area contributed by atoms with Gasteiger partial charge < -0.3 is 9.47 Å². The molecule has 8 heteroatoms. The van der Waals surface area contributed by atoms with E-state index in [2.05, 4.69) is 26.9 Å². The molecule has 0 radical (unpaired) electrons. The van der Waals surface area contributed by atoms with Gasteiger partial charge in [-0.2, -0.15) is 14.9 Å². The standard InChI is InChI=1S/C22H21N5O2S/c1-3-29-17-11-8-16(9-12-17)21-24-25-22(30)27(21)26-23-14-19-18-7-5-4-6-15(18)10-13-20(19)28-2/h4-14,26H,3H2,1-2H3,(H,25,30)/b23-14-. The van der Waals surface area contributed by atoms with Crippen LogP contribution in [0.1, 0.15) is 12.5 Å². The maximum absolute atomic E-state index is 5.51. The molecule has 0 amide bonds. The van der Waals surface area contributed by atoms with Gasteiger partial charge in [-0.25, -0.2) is 10.6 Å².